The van der Waals surface area contributed by atoms with Crippen molar-refractivity contribution in [3.8, 4) is 0 Å². The van der Waals surface area contributed by atoms with Gasteiger partial charge in [0.15, 0.2) is 0 Å². The fourth-order valence-electron chi connectivity index (χ4n) is 11.3. The van der Waals surface area contributed by atoms with Crippen molar-refractivity contribution in [2.24, 2.45) is 50.2 Å². The molecule has 10 atom stereocenters. The Morgan fingerprint density at radius 2 is 1.64 bits per heavy atom. The van der Waals surface area contributed by atoms with Gasteiger partial charge in [-0.15, -0.1) is 0 Å². The van der Waals surface area contributed by atoms with Gasteiger partial charge in [0.05, 0.1) is 25.2 Å². The van der Waals surface area contributed by atoms with Crippen molar-refractivity contribution in [3.63, 3.8) is 0 Å². The molecule has 0 heterocycles. The van der Waals surface area contributed by atoms with Crippen LogP contribution in [0.1, 0.15) is 106 Å². The third kappa shape index (κ3) is 3.93. The highest BCUT2D eigenvalue weighted by Crippen LogP contribution is 2.75. The lowest BCUT2D eigenvalue weighted by atomic mass is 9.33. The molecule has 39 heavy (non-hydrogen) atoms. The largest absolute Gasteiger partial charge is 0.481 e. The summed E-state index contributed by atoms with van der Waals surface area (Å²) in [6.45, 7) is 16.6. The number of carbonyl (C=O) groups excluding carboxylic acids is 1. The van der Waals surface area contributed by atoms with Crippen LogP contribution in [0.15, 0.2) is 11.6 Å². The first kappa shape index (κ1) is 29.1. The maximum atomic E-state index is 12.3. The number of hydrogen-bond donors (Lipinski definition) is 3. The molecule has 5 aliphatic carbocycles. The second-order valence-electron chi connectivity index (χ2n) is 16.1. The van der Waals surface area contributed by atoms with Crippen LogP contribution >= 0.6 is 0 Å². The number of fused-ring (bicyclic) bond motifs is 7. The number of aliphatic hydroxyl groups is 1. The van der Waals surface area contributed by atoms with Crippen LogP contribution in [0, 0.1) is 50.2 Å². The Bertz CT molecular complexity index is 1070. The molecular weight excluding hydrogens is 490 g/mol. The number of esters is 1. The number of hydrogen-bond acceptors (Lipinski definition) is 5. The third-order valence-corrected chi connectivity index (χ3v) is 14.1. The lowest BCUT2D eigenvalue weighted by Crippen LogP contribution is -2.68. The smallest absolute Gasteiger partial charge is 0.319 e. The Morgan fingerprint density at radius 3 is 2.28 bits per heavy atom. The minimum absolute atomic E-state index is 0.0205. The summed E-state index contributed by atoms with van der Waals surface area (Å²) in [7, 11) is 1.44. The van der Waals surface area contributed by atoms with Crippen LogP contribution < -0.4 is 5.32 Å². The zero-order chi connectivity index (χ0) is 28.8. The molecular formula is C33H53NO5. The van der Waals surface area contributed by atoms with E-state index < -0.39 is 17.5 Å². The number of rotatable bonds is 4. The molecule has 4 fully saturated rings. The van der Waals surface area contributed by atoms with Crippen molar-refractivity contribution in [1.82, 2.24) is 5.32 Å². The van der Waals surface area contributed by atoms with Gasteiger partial charge in [0.1, 0.15) is 0 Å². The molecule has 0 aromatic heterocycles. The van der Waals surface area contributed by atoms with Gasteiger partial charge in [-0.3, -0.25) is 9.59 Å². The van der Waals surface area contributed by atoms with Gasteiger partial charge >= 0.3 is 11.9 Å². The van der Waals surface area contributed by atoms with E-state index in [0.29, 0.717) is 12.3 Å². The molecule has 0 aromatic rings. The molecule has 5 rings (SSSR count). The van der Waals surface area contributed by atoms with E-state index in [1.54, 1.807) is 0 Å². The SMILES string of the molecule is COC(=O)CN[C@H]1CC[C@]2(C)[C@H]3C(O)C=C4[C@@H]5C[C@@](C)(C(=O)O)CC[C@]5(C)CC[C@@]4(C)[C@]3(C)CC[C@H]2C1(C)C. The Balaban J connectivity index is 1.52. The topological polar surface area (TPSA) is 95.9 Å². The van der Waals surface area contributed by atoms with Crippen molar-refractivity contribution >= 4 is 11.9 Å². The number of ether oxygens (including phenoxy) is 1. The van der Waals surface area contributed by atoms with Gasteiger partial charge in [-0.25, -0.2) is 0 Å². The number of carbonyl (C=O) groups is 2. The van der Waals surface area contributed by atoms with Gasteiger partial charge in [0.2, 0.25) is 0 Å². The Labute approximate surface area is 235 Å². The molecule has 0 aromatic carbocycles. The molecule has 0 radical (unpaired) electrons. The van der Waals surface area contributed by atoms with Crippen LogP contribution in [0.4, 0.5) is 0 Å². The van der Waals surface area contributed by atoms with Gasteiger partial charge in [-0.05, 0) is 104 Å². The lowest BCUT2D eigenvalue weighted by Gasteiger charge is -2.72. The number of allylic oxidation sites excluding steroid dienone is 1. The van der Waals surface area contributed by atoms with E-state index >= 15 is 0 Å². The number of methoxy groups -OCH3 is 1. The molecule has 6 heteroatoms. The summed E-state index contributed by atoms with van der Waals surface area (Å²) in [6.07, 6.45) is 10.5. The average Bonchev–Trinajstić information content (AvgIpc) is 2.85. The second-order valence-corrected chi connectivity index (χ2v) is 16.1. The number of aliphatic carboxylic acids is 1. The van der Waals surface area contributed by atoms with E-state index in [4.69, 9.17) is 4.74 Å². The van der Waals surface area contributed by atoms with Gasteiger partial charge in [0.25, 0.3) is 0 Å². The first-order valence-corrected chi connectivity index (χ1v) is 15.4. The second kappa shape index (κ2) is 9.05. The standard InChI is InChI=1S/C33H53NO5/c1-28(2)23-9-12-33(7)26(31(23,5)11-10-24(28)34-19-25(36)39-8)22(35)17-20-21-18-30(4,27(37)38)14-13-29(21,3)15-16-32(20,33)6/h17,21-24,26,34-35H,9-16,18-19H2,1-8H3,(H,37,38)/t21-,22?,23-,24-,26+,29+,30-,31-,32+,33+/m0/s1. The van der Waals surface area contributed by atoms with Crippen molar-refractivity contribution in [2.75, 3.05) is 13.7 Å². The van der Waals surface area contributed by atoms with Crippen molar-refractivity contribution in [3.05, 3.63) is 11.6 Å². The zero-order valence-electron chi connectivity index (χ0n) is 25.7. The number of carboxylic acid groups (broad SMARTS) is 1. The summed E-state index contributed by atoms with van der Waals surface area (Å²) in [5.41, 5.74) is 0.630. The van der Waals surface area contributed by atoms with Crippen molar-refractivity contribution < 1.29 is 24.5 Å². The maximum absolute atomic E-state index is 12.3. The van der Waals surface area contributed by atoms with Gasteiger partial charge in [0, 0.05) is 12.0 Å². The summed E-state index contributed by atoms with van der Waals surface area (Å²) in [5, 5.41) is 25.8. The first-order chi connectivity index (χ1) is 18.0. The van der Waals surface area contributed by atoms with Gasteiger partial charge in [-0.2, -0.15) is 0 Å². The molecule has 220 valence electrons. The highest BCUT2D eigenvalue weighted by molar-refractivity contribution is 5.74. The fraction of sp³-hybridized carbons (Fsp3) is 0.879. The van der Waals surface area contributed by atoms with Gasteiger partial charge in [-0.1, -0.05) is 53.2 Å². The van der Waals surface area contributed by atoms with Crippen LogP contribution in [0.2, 0.25) is 0 Å². The fourth-order valence-corrected chi connectivity index (χ4v) is 11.3. The highest BCUT2D eigenvalue weighted by Gasteiger charge is 2.70. The van der Waals surface area contributed by atoms with Crippen LogP contribution in [0.3, 0.4) is 0 Å². The van der Waals surface area contributed by atoms with E-state index in [0.717, 1.165) is 51.4 Å². The summed E-state index contributed by atoms with van der Waals surface area (Å²) < 4.78 is 4.89. The Kier molecular flexibility index (Phi) is 6.75. The third-order valence-electron chi connectivity index (χ3n) is 14.1. The van der Waals surface area contributed by atoms with E-state index in [1.807, 2.05) is 6.92 Å². The molecule has 4 saturated carbocycles. The predicted octanol–water partition coefficient (Wildman–Crippen LogP) is 5.97. The molecule has 0 amide bonds. The van der Waals surface area contributed by atoms with E-state index in [9.17, 15) is 19.8 Å². The quantitative estimate of drug-likeness (QED) is 0.298. The molecule has 6 nitrogen and oxygen atoms in total. The van der Waals surface area contributed by atoms with Crippen molar-refractivity contribution in [1.29, 1.82) is 0 Å². The summed E-state index contributed by atoms with van der Waals surface area (Å²) >= 11 is 0. The molecule has 5 aliphatic rings. The first-order valence-electron chi connectivity index (χ1n) is 15.4. The van der Waals surface area contributed by atoms with E-state index in [-0.39, 0.29) is 57.5 Å². The molecule has 0 bridgehead atoms. The van der Waals surface area contributed by atoms with Gasteiger partial charge < -0.3 is 20.3 Å². The lowest BCUT2D eigenvalue weighted by molar-refractivity contribution is -0.211. The number of carboxylic acids is 1. The Morgan fingerprint density at radius 1 is 0.974 bits per heavy atom. The normalized spacial score (nSPS) is 50.4. The van der Waals surface area contributed by atoms with Crippen LogP contribution in [0.5, 0.6) is 0 Å². The molecule has 0 spiro atoms. The molecule has 0 aliphatic heterocycles. The van der Waals surface area contributed by atoms with Crippen LogP contribution in [-0.4, -0.2) is 48.0 Å². The minimum atomic E-state index is -0.699. The van der Waals surface area contributed by atoms with E-state index in [1.165, 1.54) is 12.7 Å². The summed E-state index contributed by atoms with van der Waals surface area (Å²) in [4.78, 5) is 24.2. The van der Waals surface area contributed by atoms with Crippen LogP contribution in [-0.2, 0) is 14.3 Å². The average molecular weight is 544 g/mol. The predicted molar refractivity (Wildman–Crippen MR) is 152 cm³/mol. The Hall–Kier alpha value is -1.40. The maximum Gasteiger partial charge on any atom is 0.319 e. The molecule has 3 N–H and O–H groups in total. The molecule has 0 saturated heterocycles. The summed E-state index contributed by atoms with van der Waals surface area (Å²) in [6, 6.07) is 0.229. The number of aliphatic hydroxyl groups excluding tert-OH is 1. The van der Waals surface area contributed by atoms with E-state index in [2.05, 4.69) is 52.9 Å². The highest BCUT2D eigenvalue weighted by atomic mass is 16.5. The summed E-state index contributed by atoms with van der Waals surface area (Å²) in [5.74, 6) is -0.116. The monoisotopic (exact) mass is 543 g/mol. The minimum Gasteiger partial charge on any atom is -0.481 e. The van der Waals surface area contributed by atoms with Crippen molar-refractivity contribution in [2.45, 2.75) is 118 Å². The zero-order valence-corrected chi connectivity index (χ0v) is 25.7. The number of nitrogens with one attached hydrogen (secondary N) is 1. The molecule has 1 unspecified atom stereocenters. The van der Waals surface area contributed by atoms with Crippen LogP contribution in [0.25, 0.3) is 0 Å².